The van der Waals surface area contributed by atoms with Gasteiger partial charge in [0.25, 0.3) is 0 Å². The number of nitrogens with zero attached hydrogens (tertiary/aromatic N) is 1. The van der Waals surface area contributed by atoms with Gasteiger partial charge < -0.3 is 5.32 Å². The Balaban J connectivity index is 2.21. The summed E-state index contributed by atoms with van der Waals surface area (Å²) in [7, 11) is -3.59. The van der Waals surface area contributed by atoms with E-state index < -0.39 is 16.1 Å². The van der Waals surface area contributed by atoms with Crippen molar-refractivity contribution in [3.05, 3.63) is 66.2 Å². The highest BCUT2D eigenvalue weighted by molar-refractivity contribution is 7.92. The Bertz CT molecular complexity index is 776. The van der Waals surface area contributed by atoms with Gasteiger partial charge in [-0.1, -0.05) is 48.5 Å². The fourth-order valence-electron chi connectivity index (χ4n) is 2.54. The average Bonchev–Trinajstić information content (AvgIpc) is 2.55. The summed E-state index contributed by atoms with van der Waals surface area (Å²) in [4.78, 5) is 12.6. The standard InChI is InChI=1S/C18H22N2O3S/c1-14(16-10-6-4-7-11-16)19-18(21)15(2)20(24(3,22)23)17-12-8-5-9-13-17/h4-15H,1-3H3,(H,19,21)/t14-,15+/m1/s1. The number of anilines is 1. The average molecular weight is 346 g/mol. The maximum Gasteiger partial charge on any atom is 0.244 e. The number of hydrogen-bond donors (Lipinski definition) is 1. The van der Waals surface area contributed by atoms with Gasteiger partial charge in [-0.15, -0.1) is 0 Å². The smallest absolute Gasteiger partial charge is 0.244 e. The molecule has 0 fully saturated rings. The molecule has 0 saturated heterocycles. The lowest BCUT2D eigenvalue weighted by Gasteiger charge is -2.29. The van der Waals surface area contributed by atoms with Crippen molar-refractivity contribution in [3.8, 4) is 0 Å². The number of amides is 1. The van der Waals surface area contributed by atoms with Crippen LogP contribution in [0.15, 0.2) is 60.7 Å². The van der Waals surface area contributed by atoms with Crippen molar-refractivity contribution in [1.29, 1.82) is 0 Å². The second kappa shape index (κ2) is 7.49. The normalized spacial score (nSPS) is 13.8. The van der Waals surface area contributed by atoms with Crippen LogP contribution >= 0.6 is 0 Å². The Kier molecular flexibility index (Phi) is 5.62. The first kappa shape index (κ1) is 18.0. The Morgan fingerprint density at radius 2 is 1.46 bits per heavy atom. The lowest BCUT2D eigenvalue weighted by molar-refractivity contribution is -0.122. The van der Waals surface area contributed by atoms with Crippen molar-refractivity contribution < 1.29 is 13.2 Å². The van der Waals surface area contributed by atoms with Gasteiger partial charge in [-0.3, -0.25) is 9.10 Å². The Hall–Kier alpha value is -2.34. The molecule has 0 saturated carbocycles. The third-order valence-corrected chi connectivity index (χ3v) is 5.00. The predicted molar refractivity (Wildman–Crippen MR) is 96.2 cm³/mol. The molecule has 24 heavy (non-hydrogen) atoms. The predicted octanol–water partition coefficient (Wildman–Crippen LogP) is 2.72. The van der Waals surface area contributed by atoms with Crippen LogP contribution in [0, 0.1) is 0 Å². The molecule has 2 aromatic carbocycles. The molecule has 128 valence electrons. The molecule has 2 rings (SSSR count). The molecule has 0 unspecified atom stereocenters. The zero-order chi connectivity index (χ0) is 17.7. The zero-order valence-electron chi connectivity index (χ0n) is 14.0. The first-order valence-corrected chi connectivity index (χ1v) is 9.55. The summed E-state index contributed by atoms with van der Waals surface area (Å²) in [5, 5.41) is 2.87. The van der Waals surface area contributed by atoms with Gasteiger partial charge in [0.15, 0.2) is 0 Å². The second-order valence-electron chi connectivity index (χ2n) is 5.71. The van der Waals surface area contributed by atoms with E-state index in [2.05, 4.69) is 5.32 Å². The first-order valence-electron chi connectivity index (χ1n) is 7.70. The summed E-state index contributed by atoms with van der Waals surface area (Å²) in [6.45, 7) is 3.45. The molecule has 1 N–H and O–H groups in total. The van der Waals surface area contributed by atoms with Gasteiger partial charge in [0.2, 0.25) is 15.9 Å². The molecule has 5 nitrogen and oxygen atoms in total. The van der Waals surface area contributed by atoms with Crippen LogP contribution in [-0.2, 0) is 14.8 Å². The second-order valence-corrected chi connectivity index (χ2v) is 7.57. The molecule has 0 aliphatic carbocycles. The SMILES string of the molecule is C[C@@H](NC(=O)[C@H](C)N(c1ccccc1)S(C)(=O)=O)c1ccccc1. The number of carbonyl (C=O) groups excluding carboxylic acids is 1. The van der Waals surface area contributed by atoms with E-state index >= 15 is 0 Å². The molecule has 0 heterocycles. The Labute approximate surface area is 143 Å². The highest BCUT2D eigenvalue weighted by Gasteiger charge is 2.29. The van der Waals surface area contributed by atoms with Crippen molar-refractivity contribution in [2.75, 3.05) is 10.6 Å². The van der Waals surface area contributed by atoms with E-state index in [0.717, 1.165) is 16.1 Å². The molecular weight excluding hydrogens is 324 g/mol. The maximum atomic E-state index is 12.6. The summed E-state index contributed by atoms with van der Waals surface area (Å²) in [6, 6.07) is 17.1. The first-order chi connectivity index (χ1) is 11.3. The topological polar surface area (TPSA) is 66.5 Å². The largest absolute Gasteiger partial charge is 0.348 e. The monoisotopic (exact) mass is 346 g/mol. The van der Waals surface area contributed by atoms with E-state index in [1.807, 2.05) is 37.3 Å². The van der Waals surface area contributed by atoms with Gasteiger partial charge in [0.1, 0.15) is 6.04 Å². The third-order valence-electron chi connectivity index (χ3n) is 3.76. The molecule has 0 radical (unpaired) electrons. The third kappa shape index (κ3) is 4.35. The fourth-order valence-corrected chi connectivity index (χ4v) is 3.72. The van der Waals surface area contributed by atoms with E-state index in [1.165, 1.54) is 0 Å². The van der Waals surface area contributed by atoms with Gasteiger partial charge in [-0.25, -0.2) is 8.42 Å². The molecule has 6 heteroatoms. The van der Waals surface area contributed by atoms with Gasteiger partial charge >= 0.3 is 0 Å². The molecule has 0 aromatic heterocycles. The highest BCUT2D eigenvalue weighted by atomic mass is 32.2. The lowest BCUT2D eigenvalue weighted by atomic mass is 10.1. The lowest BCUT2D eigenvalue weighted by Crippen LogP contribution is -2.48. The molecule has 0 bridgehead atoms. The quantitative estimate of drug-likeness (QED) is 0.874. The summed E-state index contributed by atoms with van der Waals surface area (Å²) in [5.41, 5.74) is 1.43. The van der Waals surface area contributed by atoms with Crippen LogP contribution in [0.25, 0.3) is 0 Å². The fraction of sp³-hybridized carbons (Fsp3) is 0.278. The van der Waals surface area contributed by atoms with Gasteiger partial charge in [0, 0.05) is 0 Å². The van der Waals surface area contributed by atoms with Crippen molar-refractivity contribution in [1.82, 2.24) is 5.32 Å². The molecule has 2 atom stereocenters. The number of sulfonamides is 1. The summed E-state index contributed by atoms with van der Waals surface area (Å²) in [6.07, 6.45) is 1.10. The van der Waals surface area contributed by atoms with Crippen molar-refractivity contribution in [2.24, 2.45) is 0 Å². The number of carbonyl (C=O) groups is 1. The zero-order valence-corrected chi connectivity index (χ0v) is 14.8. The molecule has 0 aliphatic rings. The van der Waals surface area contributed by atoms with Crippen LogP contribution in [0.5, 0.6) is 0 Å². The van der Waals surface area contributed by atoms with Crippen LogP contribution in [0.2, 0.25) is 0 Å². The van der Waals surface area contributed by atoms with Crippen LogP contribution in [0.1, 0.15) is 25.5 Å². The van der Waals surface area contributed by atoms with Gasteiger partial charge in [-0.2, -0.15) is 0 Å². The summed E-state index contributed by atoms with van der Waals surface area (Å²) < 4.78 is 25.5. The Morgan fingerprint density at radius 1 is 0.958 bits per heavy atom. The Morgan fingerprint density at radius 3 is 1.96 bits per heavy atom. The van der Waals surface area contributed by atoms with Crippen molar-refractivity contribution in [2.45, 2.75) is 25.9 Å². The molecule has 1 amide bonds. The van der Waals surface area contributed by atoms with E-state index in [-0.39, 0.29) is 11.9 Å². The molecule has 0 spiro atoms. The van der Waals surface area contributed by atoms with E-state index in [1.54, 1.807) is 37.3 Å². The highest BCUT2D eigenvalue weighted by Crippen LogP contribution is 2.21. The number of para-hydroxylation sites is 1. The maximum absolute atomic E-state index is 12.6. The van der Waals surface area contributed by atoms with E-state index in [0.29, 0.717) is 5.69 Å². The minimum absolute atomic E-state index is 0.210. The minimum atomic E-state index is -3.59. The minimum Gasteiger partial charge on any atom is -0.348 e. The van der Waals surface area contributed by atoms with Crippen molar-refractivity contribution >= 4 is 21.6 Å². The van der Waals surface area contributed by atoms with E-state index in [4.69, 9.17) is 0 Å². The van der Waals surface area contributed by atoms with Crippen LogP contribution in [-0.4, -0.2) is 26.6 Å². The number of hydrogen-bond acceptors (Lipinski definition) is 3. The van der Waals surface area contributed by atoms with Gasteiger partial charge in [-0.05, 0) is 31.5 Å². The van der Waals surface area contributed by atoms with E-state index in [9.17, 15) is 13.2 Å². The summed E-state index contributed by atoms with van der Waals surface area (Å²) in [5.74, 6) is -0.347. The molecule has 2 aromatic rings. The van der Waals surface area contributed by atoms with Gasteiger partial charge in [0.05, 0.1) is 18.0 Å². The van der Waals surface area contributed by atoms with Crippen LogP contribution < -0.4 is 9.62 Å². The van der Waals surface area contributed by atoms with Crippen LogP contribution in [0.3, 0.4) is 0 Å². The number of rotatable bonds is 6. The van der Waals surface area contributed by atoms with Crippen molar-refractivity contribution in [3.63, 3.8) is 0 Å². The summed E-state index contributed by atoms with van der Waals surface area (Å²) >= 11 is 0. The molecule has 0 aliphatic heterocycles. The number of benzene rings is 2. The molecular formula is C18H22N2O3S. The van der Waals surface area contributed by atoms with Crippen LogP contribution in [0.4, 0.5) is 5.69 Å². The number of nitrogens with one attached hydrogen (secondary N) is 1.